The van der Waals surface area contributed by atoms with E-state index in [-0.39, 0.29) is 34.5 Å². The highest BCUT2D eigenvalue weighted by atomic mass is 35.5. The molecule has 1 N–H and O–H groups in total. The van der Waals surface area contributed by atoms with Crippen molar-refractivity contribution in [2.24, 2.45) is 0 Å². The van der Waals surface area contributed by atoms with Crippen LogP contribution in [0, 0.1) is 0 Å². The molecule has 38 heavy (non-hydrogen) atoms. The largest absolute Gasteiger partial charge is 0.462 e. The summed E-state index contributed by atoms with van der Waals surface area (Å²) in [7, 11) is 0. The van der Waals surface area contributed by atoms with Gasteiger partial charge in [0.2, 0.25) is 0 Å². The van der Waals surface area contributed by atoms with Crippen molar-refractivity contribution >= 4 is 52.4 Å². The third-order valence-corrected chi connectivity index (χ3v) is 6.21. The molecule has 0 saturated carbocycles. The molecule has 1 aliphatic rings. The number of nitrogens with zero attached hydrogens (tertiary/aromatic N) is 2. The Balaban J connectivity index is 1.53. The van der Waals surface area contributed by atoms with E-state index in [0.29, 0.717) is 24.2 Å². The van der Waals surface area contributed by atoms with Crippen molar-refractivity contribution in [3.8, 4) is 0 Å². The predicted octanol–water partition coefficient (Wildman–Crippen LogP) is 5.36. The maximum atomic E-state index is 13.3. The minimum Gasteiger partial charge on any atom is -0.462 e. The van der Waals surface area contributed by atoms with Gasteiger partial charge in [-0.1, -0.05) is 48.9 Å². The molecule has 4 rings (SSSR count). The summed E-state index contributed by atoms with van der Waals surface area (Å²) in [5, 5.41) is 2.58. The zero-order valence-electron chi connectivity index (χ0n) is 20.9. The van der Waals surface area contributed by atoms with Crippen molar-refractivity contribution in [3.05, 3.63) is 101 Å². The van der Waals surface area contributed by atoms with Crippen LogP contribution in [0.4, 0.5) is 17.1 Å². The number of anilines is 3. The molecule has 0 bridgehead atoms. The zero-order valence-corrected chi connectivity index (χ0v) is 21.7. The van der Waals surface area contributed by atoms with Gasteiger partial charge < -0.3 is 15.0 Å². The van der Waals surface area contributed by atoms with Crippen LogP contribution in [0.25, 0.3) is 0 Å². The highest BCUT2D eigenvalue weighted by molar-refractivity contribution is 6.53. The van der Waals surface area contributed by atoms with Crippen LogP contribution in [-0.4, -0.2) is 36.8 Å². The number of benzene rings is 3. The lowest BCUT2D eigenvalue weighted by atomic mass is 10.1. The maximum Gasteiger partial charge on any atom is 0.340 e. The SMILES string of the molecule is CCCOC(=O)c1ccccc1N1C(=O)C(Cl)=C(Nc2ccc(C(=O)N(CC)c3ccccc3)cc2)C1=O. The van der Waals surface area contributed by atoms with Gasteiger partial charge >= 0.3 is 5.97 Å². The first kappa shape index (κ1) is 26.6. The van der Waals surface area contributed by atoms with Crippen molar-refractivity contribution in [1.29, 1.82) is 0 Å². The lowest BCUT2D eigenvalue weighted by Gasteiger charge is -2.21. The summed E-state index contributed by atoms with van der Waals surface area (Å²) in [4.78, 5) is 54.3. The fourth-order valence-electron chi connectivity index (χ4n) is 3.99. The molecule has 0 aromatic heterocycles. The van der Waals surface area contributed by atoms with Gasteiger partial charge in [0.25, 0.3) is 17.7 Å². The van der Waals surface area contributed by atoms with Crippen molar-refractivity contribution in [1.82, 2.24) is 0 Å². The van der Waals surface area contributed by atoms with Crippen molar-refractivity contribution in [3.63, 3.8) is 0 Å². The fraction of sp³-hybridized carbons (Fsp3) is 0.172. The Kier molecular flexibility index (Phi) is 8.23. The molecule has 0 unspecified atom stereocenters. The van der Waals surface area contributed by atoms with Crippen LogP contribution in [0.2, 0.25) is 0 Å². The van der Waals surface area contributed by atoms with Gasteiger partial charge in [-0.25, -0.2) is 9.69 Å². The molecule has 0 spiro atoms. The number of hydrogen-bond acceptors (Lipinski definition) is 6. The second kappa shape index (κ2) is 11.7. The van der Waals surface area contributed by atoms with Crippen molar-refractivity contribution in [2.45, 2.75) is 20.3 Å². The molecule has 1 heterocycles. The van der Waals surface area contributed by atoms with E-state index in [4.69, 9.17) is 16.3 Å². The molecular formula is C29H26ClN3O5. The van der Waals surface area contributed by atoms with Crippen LogP contribution >= 0.6 is 11.6 Å². The van der Waals surface area contributed by atoms with Crippen LogP contribution < -0.4 is 15.1 Å². The number of hydrogen-bond donors (Lipinski definition) is 1. The number of ether oxygens (including phenoxy) is 1. The Morgan fingerprint density at radius 2 is 1.55 bits per heavy atom. The van der Waals surface area contributed by atoms with E-state index >= 15 is 0 Å². The fourth-order valence-corrected chi connectivity index (χ4v) is 4.20. The van der Waals surface area contributed by atoms with Gasteiger partial charge in [0.05, 0.1) is 17.9 Å². The summed E-state index contributed by atoms with van der Waals surface area (Å²) in [5.74, 6) is -2.29. The van der Waals surface area contributed by atoms with Gasteiger partial charge in [0, 0.05) is 23.5 Å². The molecule has 3 aromatic carbocycles. The summed E-state index contributed by atoms with van der Waals surface area (Å²) in [5.41, 5.74) is 1.72. The number of amides is 3. The summed E-state index contributed by atoms with van der Waals surface area (Å²) in [6.45, 7) is 4.46. The summed E-state index contributed by atoms with van der Waals surface area (Å²) < 4.78 is 5.20. The van der Waals surface area contributed by atoms with Crippen LogP contribution in [0.15, 0.2) is 89.6 Å². The van der Waals surface area contributed by atoms with E-state index in [1.54, 1.807) is 41.3 Å². The van der Waals surface area contributed by atoms with Crippen LogP contribution in [0.3, 0.4) is 0 Å². The number of carbonyl (C=O) groups is 4. The van der Waals surface area contributed by atoms with Gasteiger partial charge in [-0.05, 0) is 61.9 Å². The summed E-state index contributed by atoms with van der Waals surface area (Å²) in [6.07, 6.45) is 0.629. The molecule has 0 atom stereocenters. The molecule has 3 aromatic rings. The van der Waals surface area contributed by atoms with Crippen molar-refractivity contribution in [2.75, 3.05) is 28.3 Å². The third-order valence-electron chi connectivity index (χ3n) is 5.86. The lowest BCUT2D eigenvalue weighted by molar-refractivity contribution is -0.120. The third kappa shape index (κ3) is 5.31. The van der Waals surface area contributed by atoms with Gasteiger partial charge in [-0.2, -0.15) is 0 Å². The van der Waals surface area contributed by atoms with E-state index in [0.717, 1.165) is 10.6 Å². The normalized spacial score (nSPS) is 13.1. The van der Waals surface area contributed by atoms with E-state index in [1.165, 1.54) is 12.1 Å². The number of para-hydroxylation sites is 2. The Bertz CT molecular complexity index is 1400. The number of halogens is 1. The van der Waals surface area contributed by atoms with Crippen LogP contribution in [0.5, 0.6) is 0 Å². The molecule has 9 heteroatoms. The smallest absolute Gasteiger partial charge is 0.340 e. The Labute approximate surface area is 225 Å². The number of esters is 1. The van der Waals surface area contributed by atoms with Crippen molar-refractivity contribution < 1.29 is 23.9 Å². The van der Waals surface area contributed by atoms with Crippen LogP contribution in [-0.2, 0) is 14.3 Å². The minimum absolute atomic E-state index is 0.0788. The molecular weight excluding hydrogens is 506 g/mol. The first-order valence-corrected chi connectivity index (χ1v) is 12.5. The first-order chi connectivity index (χ1) is 18.4. The second-order valence-electron chi connectivity index (χ2n) is 8.38. The summed E-state index contributed by atoms with van der Waals surface area (Å²) in [6, 6.07) is 22.0. The first-order valence-electron chi connectivity index (χ1n) is 12.2. The van der Waals surface area contributed by atoms with Gasteiger partial charge in [-0.15, -0.1) is 0 Å². The van der Waals surface area contributed by atoms with E-state index in [2.05, 4.69) is 5.32 Å². The van der Waals surface area contributed by atoms with E-state index in [1.807, 2.05) is 44.2 Å². The van der Waals surface area contributed by atoms with Gasteiger partial charge in [0.15, 0.2) is 0 Å². The molecule has 0 saturated heterocycles. The number of carbonyl (C=O) groups excluding carboxylic acids is 4. The monoisotopic (exact) mass is 531 g/mol. The molecule has 194 valence electrons. The van der Waals surface area contributed by atoms with E-state index < -0.39 is 17.8 Å². The van der Waals surface area contributed by atoms with Crippen LogP contribution in [0.1, 0.15) is 41.0 Å². The minimum atomic E-state index is -0.761. The molecule has 1 aliphatic heterocycles. The molecule has 0 radical (unpaired) electrons. The predicted molar refractivity (Wildman–Crippen MR) is 146 cm³/mol. The average Bonchev–Trinajstić information content (AvgIpc) is 3.15. The Morgan fingerprint density at radius 3 is 2.21 bits per heavy atom. The summed E-state index contributed by atoms with van der Waals surface area (Å²) >= 11 is 6.27. The highest BCUT2D eigenvalue weighted by Gasteiger charge is 2.40. The quantitative estimate of drug-likeness (QED) is 0.295. The van der Waals surface area contributed by atoms with Gasteiger partial charge in [0.1, 0.15) is 10.7 Å². The van der Waals surface area contributed by atoms with Gasteiger partial charge in [-0.3, -0.25) is 14.4 Å². The van der Waals surface area contributed by atoms with E-state index in [9.17, 15) is 19.2 Å². The highest BCUT2D eigenvalue weighted by Crippen LogP contribution is 2.32. The number of rotatable bonds is 9. The molecule has 0 aliphatic carbocycles. The Hall–Kier alpha value is -4.43. The standard InChI is InChI=1S/C29H26ClN3O5/c1-3-18-38-29(37)22-12-8-9-13-23(22)33-27(35)24(30)25(28(33)36)31-20-16-14-19(15-17-20)26(34)32(4-2)21-10-6-5-7-11-21/h5-17,31H,3-4,18H2,1-2H3. The maximum absolute atomic E-state index is 13.3. The molecule has 0 fully saturated rings. The number of nitrogens with one attached hydrogen (secondary N) is 1. The molecule has 8 nitrogen and oxygen atoms in total. The Morgan fingerprint density at radius 1 is 0.895 bits per heavy atom. The average molecular weight is 532 g/mol. The topological polar surface area (TPSA) is 96.0 Å². The zero-order chi connectivity index (χ0) is 27.2. The lowest BCUT2D eigenvalue weighted by Crippen LogP contribution is -2.33. The molecule has 3 amide bonds. The number of imide groups is 1. The second-order valence-corrected chi connectivity index (χ2v) is 8.75.